The second-order valence-corrected chi connectivity index (χ2v) is 5.76. The van der Waals surface area contributed by atoms with Crippen molar-refractivity contribution in [2.24, 2.45) is 0 Å². The van der Waals surface area contributed by atoms with E-state index in [2.05, 4.69) is 5.32 Å². The van der Waals surface area contributed by atoms with Crippen molar-refractivity contribution in [1.82, 2.24) is 10.2 Å². The lowest BCUT2D eigenvalue weighted by Gasteiger charge is -2.52. The fraction of sp³-hybridized carbons (Fsp3) is 0.500. The molecule has 1 unspecified atom stereocenters. The molecule has 5 heteroatoms. The maximum atomic E-state index is 12.8. The van der Waals surface area contributed by atoms with Gasteiger partial charge in [0, 0.05) is 12.1 Å². The van der Waals surface area contributed by atoms with Gasteiger partial charge >= 0.3 is 5.97 Å². The topological polar surface area (TPSA) is 69.6 Å². The zero-order valence-electron chi connectivity index (χ0n) is 12.1. The quantitative estimate of drug-likeness (QED) is 0.864. The average molecular weight is 288 g/mol. The third-order valence-corrected chi connectivity index (χ3v) is 4.85. The van der Waals surface area contributed by atoms with Crippen LogP contribution in [-0.2, 0) is 4.79 Å². The summed E-state index contributed by atoms with van der Waals surface area (Å²) in [6.45, 7) is 3.96. The van der Waals surface area contributed by atoms with Gasteiger partial charge < -0.3 is 15.3 Å². The van der Waals surface area contributed by atoms with Crippen LogP contribution in [0, 0.1) is 0 Å². The van der Waals surface area contributed by atoms with E-state index in [1.165, 1.54) is 0 Å². The van der Waals surface area contributed by atoms with E-state index in [1.54, 1.807) is 23.1 Å². The normalized spacial score (nSPS) is 24.0. The molecule has 21 heavy (non-hydrogen) atoms. The minimum Gasteiger partial charge on any atom is -0.481 e. The number of hydrogen-bond acceptors (Lipinski definition) is 3. The highest BCUT2D eigenvalue weighted by Gasteiger charge is 2.54. The number of carboxylic acid groups (broad SMARTS) is 1. The van der Waals surface area contributed by atoms with E-state index < -0.39 is 17.4 Å². The van der Waals surface area contributed by atoms with E-state index in [0.29, 0.717) is 30.5 Å². The van der Waals surface area contributed by atoms with Crippen LogP contribution in [0.15, 0.2) is 24.3 Å². The molecule has 0 saturated carbocycles. The van der Waals surface area contributed by atoms with Crippen LogP contribution in [0.4, 0.5) is 0 Å². The third-order valence-electron chi connectivity index (χ3n) is 4.85. The van der Waals surface area contributed by atoms with Crippen molar-refractivity contribution in [3.8, 4) is 0 Å². The summed E-state index contributed by atoms with van der Waals surface area (Å²) in [5.74, 6) is -1.52. The van der Waals surface area contributed by atoms with Gasteiger partial charge in [0.25, 0.3) is 5.91 Å². The number of benzene rings is 1. The number of fused-ring (bicyclic) bond motifs is 1. The average Bonchev–Trinajstić information content (AvgIpc) is 2.48. The monoisotopic (exact) mass is 288 g/mol. The number of nitrogens with zero attached hydrogens (tertiary/aromatic N) is 1. The van der Waals surface area contributed by atoms with Crippen LogP contribution >= 0.6 is 0 Å². The number of nitrogens with one attached hydrogen (secondary N) is 1. The maximum absolute atomic E-state index is 12.8. The number of carboxylic acids is 1. The first-order chi connectivity index (χ1) is 10.1. The molecule has 1 aromatic carbocycles. The largest absolute Gasteiger partial charge is 0.481 e. The molecule has 2 aliphatic heterocycles. The van der Waals surface area contributed by atoms with Crippen LogP contribution in [0.5, 0.6) is 0 Å². The molecule has 1 atom stereocenters. The fourth-order valence-corrected chi connectivity index (χ4v) is 3.98. The van der Waals surface area contributed by atoms with Gasteiger partial charge in [-0.15, -0.1) is 0 Å². The number of carbonyl (C=O) groups is 2. The standard InChI is InChI=1S/C16H20N2O3/c1-2-18-14(19)12-6-4-3-5-11(12)13(15(20)21)16(18)7-9-17-10-8-16/h3-6,13,17H,2,7-10H2,1H3,(H,20,21). The van der Waals surface area contributed by atoms with Crippen molar-refractivity contribution in [1.29, 1.82) is 0 Å². The summed E-state index contributed by atoms with van der Waals surface area (Å²) >= 11 is 0. The second kappa shape index (κ2) is 5.15. The predicted molar refractivity (Wildman–Crippen MR) is 78.4 cm³/mol. The van der Waals surface area contributed by atoms with Crippen molar-refractivity contribution in [3.05, 3.63) is 35.4 Å². The Morgan fingerprint density at radius 2 is 2.05 bits per heavy atom. The van der Waals surface area contributed by atoms with Crippen LogP contribution in [0.25, 0.3) is 0 Å². The maximum Gasteiger partial charge on any atom is 0.313 e. The van der Waals surface area contributed by atoms with E-state index in [-0.39, 0.29) is 5.91 Å². The first kappa shape index (κ1) is 14.1. The molecule has 1 amide bonds. The van der Waals surface area contributed by atoms with Crippen LogP contribution < -0.4 is 5.32 Å². The zero-order chi connectivity index (χ0) is 15.0. The number of likely N-dealkylation sites (N-methyl/N-ethyl adjacent to an activating group) is 1. The molecule has 1 saturated heterocycles. The molecule has 112 valence electrons. The Kier molecular flexibility index (Phi) is 3.45. The molecule has 1 fully saturated rings. The second-order valence-electron chi connectivity index (χ2n) is 5.76. The number of aliphatic carboxylic acids is 1. The fourth-order valence-electron chi connectivity index (χ4n) is 3.98. The van der Waals surface area contributed by atoms with E-state index in [9.17, 15) is 14.7 Å². The van der Waals surface area contributed by atoms with Gasteiger partial charge in [0.15, 0.2) is 0 Å². The first-order valence-corrected chi connectivity index (χ1v) is 7.46. The van der Waals surface area contributed by atoms with Gasteiger partial charge in [-0.1, -0.05) is 18.2 Å². The lowest BCUT2D eigenvalue weighted by molar-refractivity contribution is -0.143. The summed E-state index contributed by atoms with van der Waals surface area (Å²) in [6.07, 6.45) is 1.36. The molecule has 0 aromatic heterocycles. The third kappa shape index (κ3) is 1.95. The summed E-state index contributed by atoms with van der Waals surface area (Å²) in [6, 6.07) is 7.15. The Labute approximate surface area is 123 Å². The van der Waals surface area contributed by atoms with E-state index in [4.69, 9.17) is 0 Å². The van der Waals surface area contributed by atoms with Crippen LogP contribution in [0.2, 0.25) is 0 Å². The minimum absolute atomic E-state index is 0.0347. The summed E-state index contributed by atoms with van der Waals surface area (Å²) in [5, 5.41) is 13.1. The van der Waals surface area contributed by atoms with E-state index >= 15 is 0 Å². The van der Waals surface area contributed by atoms with Crippen molar-refractivity contribution in [2.75, 3.05) is 19.6 Å². The van der Waals surface area contributed by atoms with Crippen molar-refractivity contribution >= 4 is 11.9 Å². The Bertz CT molecular complexity index is 579. The molecule has 2 N–H and O–H groups in total. The number of rotatable bonds is 2. The number of piperidine rings is 1. The smallest absolute Gasteiger partial charge is 0.313 e. The minimum atomic E-state index is -0.838. The first-order valence-electron chi connectivity index (χ1n) is 7.46. The Hall–Kier alpha value is -1.88. The molecular formula is C16H20N2O3. The summed E-state index contributed by atoms with van der Waals surface area (Å²) in [7, 11) is 0. The van der Waals surface area contributed by atoms with Gasteiger partial charge in [0.2, 0.25) is 0 Å². The number of hydrogen-bond donors (Lipinski definition) is 2. The van der Waals surface area contributed by atoms with E-state index in [0.717, 1.165) is 13.1 Å². The molecule has 1 spiro atoms. The van der Waals surface area contributed by atoms with Crippen LogP contribution in [-0.4, -0.2) is 47.1 Å². The lowest BCUT2D eigenvalue weighted by atomic mass is 9.68. The van der Waals surface area contributed by atoms with Crippen LogP contribution in [0.1, 0.15) is 41.6 Å². The molecule has 2 heterocycles. The van der Waals surface area contributed by atoms with Gasteiger partial charge in [-0.25, -0.2) is 0 Å². The zero-order valence-corrected chi connectivity index (χ0v) is 12.1. The molecular weight excluding hydrogens is 268 g/mol. The molecule has 0 aliphatic carbocycles. The van der Waals surface area contributed by atoms with Gasteiger partial charge in [0.1, 0.15) is 5.92 Å². The molecule has 5 nitrogen and oxygen atoms in total. The Balaban J connectivity index is 2.21. The number of amides is 1. The van der Waals surface area contributed by atoms with Crippen molar-refractivity contribution in [2.45, 2.75) is 31.2 Å². The Morgan fingerprint density at radius 1 is 1.38 bits per heavy atom. The van der Waals surface area contributed by atoms with E-state index in [1.807, 2.05) is 13.0 Å². The highest BCUT2D eigenvalue weighted by Crippen LogP contribution is 2.45. The molecule has 3 rings (SSSR count). The molecule has 0 radical (unpaired) electrons. The SMILES string of the molecule is CCN1C(=O)c2ccccc2C(C(=O)O)C12CCNCC2. The number of carbonyl (C=O) groups excluding carboxylic acids is 1. The predicted octanol–water partition coefficient (Wildman–Crippen LogP) is 1.45. The van der Waals surface area contributed by atoms with Gasteiger partial charge in [-0.2, -0.15) is 0 Å². The summed E-state index contributed by atoms with van der Waals surface area (Å²) in [4.78, 5) is 26.6. The highest BCUT2D eigenvalue weighted by atomic mass is 16.4. The highest BCUT2D eigenvalue weighted by molar-refractivity contribution is 6.01. The van der Waals surface area contributed by atoms with Gasteiger partial charge in [0.05, 0.1) is 5.54 Å². The molecule has 2 aliphatic rings. The molecule has 0 bridgehead atoms. The summed E-state index contributed by atoms with van der Waals surface area (Å²) < 4.78 is 0. The Morgan fingerprint density at radius 3 is 2.67 bits per heavy atom. The lowest BCUT2D eigenvalue weighted by Crippen LogP contribution is -2.63. The molecule has 1 aromatic rings. The van der Waals surface area contributed by atoms with Gasteiger partial charge in [-0.3, -0.25) is 9.59 Å². The van der Waals surface area contributed by atoms with Gasteiger partial charge in [-0.05, 0) is 44.5 Å². The van der Waals surface area contributed by atoms with Crippen molar-refractivity contribution in [3.63, 3.8) is 0 Å². The summed E-state index contributed by atoms with van der Waals surface area (Å²) in [5.41, 5.74) is 0.606. The van der Waals surface area contributed by atoms with Crippen molar-refractivity contribution < 1.29 is 14.7 Å². The van der Waals surface area contributed by atoms with Crippen LogP contribution in [0.3, 0.4) is 0 Å².